The average Bonchev–Trinajstić information content (AvgIpc) is 2.83. The molecule has 3 rings (SSSR count). The summed E-state index contributed by atoms with van der Waals surface area (Å²) >= 11 is 6.45. The van der Waals surface area contributed by atoms with Gasteiger partial charge in [-0.1, -0.05) is 80.6 Å². The van der Waals surface area contributed by atoms with Crippen molar-refractivity contribution in [2.45, 2.75) is 58.3 Å². The molecule has 26 heavy (non-hydrogen) atoms. The Bertz CT molecular complexity index is 695. The van der Waals surface area contributed by atoms with Crippen molar-refractivity contribution in [2.24, 2.45) is 0 Å². The molecule has 2 aromatic carbocycles. The summed E-state index contributed by atoms with van der Waals surface area (Å²) in [6.45, 7) is 7.88. The van der Waals surface area contributed by atoms with Crippen LogP contribution in [-0.4, -0.2) is 24.5 Å². The van der Waals surface area contributed by atoms with E-state index in [9.17, 15) is 0 Å². The molecule has 0 aliphatic carbocycles. The first-order valence-corrected chi connectivity index (χ1v) is 10.6. The molecule has 0 radical (unpaired) electrons. The summed E-state index contributed by atoms with van der Waals surface area (Å²) < 4.78 is 0. The summed E-state index contributed by atoms with van der Waals surface area (Å²) in [6, 6.07) is 15.6. The van der Waals surface area contributed by atoms with Gasteiger partial charge in [0.05, 0.1) is 0 Å². The van der Waals surface area contributed by atoms with E-state index < -0.39 is 0 Å². The quantitative estimate of drug-likeness (QED) is 0.496. The van der Waals surface area contributed by atoms with Gasteiger partial charge in [0.25, 0.3) is 0 Å². The normalized spacial score (nSPS) is 17.7. The van der Waals surface area contributed by atoms with Crippen LogP contribution < -0.4 is 0 Å². The van der Waals surface area contributed by atoms with Crippen molar-refractivity contribution in [3.05, 3.63) is 69.7 Å². The first-order chi connectivity index (χ1) is 12.7. The molecule has 1 aliphatic heterocycles. The fraction of sp³-hybridized carbons (Fsp3) is 0.500. The number of hydrogen-bond donors (Lipinski definition) is 0. The summed E-state index contributed by atoms with van der Waals surface area (Å²) in [4.78, 5) is 2.67. The summed E-state index contributed by atoms with van der Waals surface area (Å²) in [7, 11) is 0. The van der Waals surface area contributed by atoms with E-state index in [0.717, 1.165) is 24.5 Å². The number of aryl methyl sites for hydroxylation is 1. The lowest BCUT2D eigenvalue weighted by Gasteiger charge is -2.25. The molecular weight excluding hydrogens is 338 g/mol. The molecule has 140 valence electrons. The standard InChI is InChI=1S/C24H32ClN/c1-3-4-5-6-10-14-26-15-13-21-17-24(25)19(2)16-22(21)23(18-26)20-11-8-7-9-12-20/h7-9,11-12,16-17,23H,3-6,10,13-15,18H2,1-2H3. The van der Waals surface area contributed by atoms with Crippen LogP contribution in [0.15, 0.2) is 42.5 Å². The molecule has 1 atom stereocenters. The molecule has 2 heteroatoms. The Labute approximate surface area is 164 Å². The van der Waals surface area contributed by atoms with Crippen LogP contribution in [0.1, 0.15) is 67.2 Å². The summed E-state index contributed by atoms with van der Waals surface area (Å²) in [5.74, 6) is 0.445. The van der Waals surface area contributed by atoms with Gasteiger partial charge in [-0.2, -0.15) is 0 Å². The molecule has 0 N–H and O–H groups in total. The Kier molecular flexibility index (Phi) is 7.16. The molecule has 0 amide bonds. The van der Waals surface area contributed by atoms with Crippen molar-refractivity contribution in [3.8, 4) is 0 Å². The largest absolute Gasteiger partial charge is 0.302 e. The molecule has 0 saturated heterocycles. The van der Waals surface area contributed by atoms with Gasteiger partial charge in [0, 0.05) is 24.0 Å². The predicted molar refractivity (Wildman–Crippen MR) is 113 cm³/mol. The molecule has 2 aromatic rings. The van der Waals surface area contributed by atoms with Gasteiger partial charge in [-0.3, -0.25) is 0 Å². The number of benzene rings is 2. The number of halogens is 1. The summed E-state index contributed by atoms with van der Waals surface area (Å²) in [6.07, 6.45) is 7.84. The third-order valence-electron chi connectivity index (χ3n) is 5.71. The minimum absolute atomic E-state index is 0.445. The number of unbranched alkanes of at least 4 members (excludes halogenated alkanes) is 4. The van der Waals surface area contributed by atoms with Crippen LogP contribution in [-0.2, 0) is 6.42 Å². The Morgan fingerprint density at radius 3 is 2.58 bits per heavy atom. The zero-order chi connectivity index (χ0) is 18.4. The van der Waals surface area contributed by atoms with Crippen molar-refractivity contribution in [1.82, 2.24) is 4.90 Å². The van der Waals surface area contributed by atoms with Gasteiger partial charge < -0.3 is 4.90 Å². The lowest BCUT2D eigenvalue weighted by atomic mass is 9.87. The van der Waals surface area contributed by atoms with E-state index in [0.29, 0.717) is 5.92 Å². The number of rotatable bonds is 7. The van der Waals surface area contributed by atoms with Crippen LogP contribution in [0.5, 0.6) is 0 Å². The topological polar surface area (TPSA) is 3.24 Å². The maximum Gasteiger partial charge on any atom is 0.0438 e. The highest BCUT2D eigenvalue weighted by Gasteiger charge is 2.25. The van der Waals surface area contributed by atoms with Crippen LogP contribution in [0.3, 0.4) is 0 Å². The molecule has 0 spiro atoms. The van der Waals surface area contributed by atoms with Crippen molar-refractivity contribution in [1.29, 1.82) is 0 Å². The van der Waals surface area contributed by atoms with Gasteiger partial charge in [0.2, 0.25) is 0 Å². The maximum atomic E-state index is 6.45. The smallest absolute Gasteiger partial charge is 0.0438 e. The monoisotopic (exact) mass is 369 g/mol. The minimum atomic E-state index is 0.445. The van der Waals surface area contributed by atoms with Gasteiger partial charge in [-0.15, -0.1) is 0 Å². The summed E-state index contributed by atoms with van der Waals surface area (Å²) in [5, 5.41) is 0.906. The average molecular weight is 370 g/mol. The first kappa shape index (κ1) is 19.5. The van der Waals surface area contributed by atoms with Gasteiger partial charge >= 0.3 is 0 Å². The third-order valence-corrected chi connectivity index (χ3v) is 6.12. The second-order valence-electron chi connectivity index (χ2n) is 7.73. The predicted octanol–water partition coefficient (Wildman–Crippen LogP) is 6.61. The zero-order valence-electron chi connectivity index (χ0n) is 16.3. The molecule has 1 unspecified atom stereocenters. The highest BCUT2D eigenvalue weighted by molar-refractivity contribution is 6.31. The highest BCUT2D eigenvalue weighted by Crippen LogP contribution is 2.34. The fourth-order valence-electron chi connectivity index (χ4n) is 4.12. The Morgan fingerprint density at radius 2 is 1.81 bits per heavy atom. The highest BCUT2D eigenvalue weighted by atomic mass is 35.5. The second-order valence-corrected chi connectivity index (χ2v) is 8.14. The molecule has 1 aliphatic rings. The van der Waals surface area contributed by atoms with E-state index in [4.69, 9.17) is 11.6 Å². The molecule has 1 nitrogen and oxygen atoms in total. The van der Waals surface area contributed by atoms with Crippen LogP contribution in [0.25, 0.3) is 0 Å². The minimum Gasteiger partial charge on any atom is -0.302 e. The lowest BCUT2D eigenvalue weighted by Crippen LogP contribution is -2.29. The van der Waals surface area contributed by atoms with Crippen molar-refractivity contribution in [2.75, 3.05) is 19.6 Å². The van der Waals surface area contributed by atoms with E-state index >= 15 is 0 Å². The van der Waals surface area contributed by atoms with Crippen LogP contribution >= 0.6 is 11.6 Å². The second kappa shape index (κ2) is 9.58. The van der Waals surface area contributed by atoms with Gasteiger partial charge in [-0.05, 0) is 54.6 Å². The number of nitrogens with zero attached hydrogens (tertiary/aromatic N) is 1. The Morgan fingerprint density at radius 1 is 1.04 bits per heavy atom. The molecule has 0 aromatic heterocycles. The van der Waals surface area contributed by atoms with E-state index in [1.165, 1.54) is 60.9 Å². The van der Waals surface area contributed by atoms with Crippen molar-refractivity contribution in [3.63, 3.8) is 0 Å². The maximum absolute atomic E-state index is 6.45. The Balaban J connectivity index is 1.80. The lowest BCUT2D eigenvalue weighted by molar-refractivity contribution is 0.269. The number of hydrogen-bond acceptors (Lipinski definition) is 1. The van der Waals surface area contributed by atoms with E-state index in [1.54, 1.807) is 0 Å². The SMILES string of the molecule is CCCCCCCN1CCc2cc(Cl)c(C)cc2C(c2ccccc2)C1. The van der Waals surface area contributed by atoms with Crippen LogP contribution in [0.2, 0.25) is 5.02 Å². The van der Waals surface area contributed by atoms with Gasteiger partial charge in [0.15, 0.2) is 0 Å². The molecule has 0 fully saturated rings. The molecule has 0 saturated carbocycles. The molecular formula is C24H32ClN. The van der Waals surface area contributed by atoms with Gasteiger partial charge in [0.1, 0.15) is 0 Å². The van der Waals surface area contributed by atoms with Crippen LogP contribution in [0.4, 0.5) is 0 Å². The Hall–Kier alpha value is -1.31. The van der Waals surface area contributed by atoms with E-state index in [1.807, 2.05) is 0 Å². The number of fused-ring (bicyclic) bond motifs is 1. The van der Waals surface area contributed by atoms with Crippen molar-refractivity contribution < 1.29 is 0 Å². The van der Waals surface area contributed by atoms with E-state index in [2.05, 4.69) is 61.2 Å². The fourth-order valence-corrected chi connectivity index (χ4v) is 4.31. The molecule has 1 heterocycles. The van der Waals surface area contributed by atoms with Gasteiger partial charge in [-0.25, -0.2) is 0 Å². The first-order valence-electron chi connectivity index (χ1n) is 10.2. The third kappa shape index (κ3) is 4.90. The van der Waals surface area contributed by atoms with E-state index in [-0.39, 0.29) is 0 Å². The van der Waals surface area contributed by atoms with Crippen LogP contribution in [0, 0.1) is 6.92 Å². The zero-order valence-corrected chi connectivity index (χ0v) is 17.1. The summed E-state index contributed by atoms with van der Waals surface area (Å²) in [5.41, 5.74) is 5.53. The molecule has 0 bridgehead atoms. The van der Waals surface area contributed by atoms with Crippen molar-refractivity contribution >= 4 is 11.6 Å².